The number of anilines is 1. The van der Waals surface area contributed by atoms with Crippen LogP contribution in [0.5, 0.6) is 0 Å². The molecule has 0 saturated carbocycles. The Balaban J connectivity index is 1.58. The number of nitrogens with zero attached hydrogens (tertiary/aromatic N) is 2. The Hall–Kier alpha value is -2.37. The number of allylic oxidation sites excluding steroid dienone is 2. The highest BCUT2D eigenvalue weighted by Crippen LogP contribution is 2.33. The van der Waals surface area contributed by atoms with Gasteiger partial charge in [-0.3, -0.25) is 9.59 Å². The number of piperidine rings is 1. The van der Waals surface area contributed by atoms with Crippen molar-refractivity contribution in [3.05, 3.63) is 46.3 Å². The minimum absolute atomic E-state index is 0.00473. The minimum atomic E-state index is -0.208. The first-order valence-corrected chi connectivity index (χ1v) is 9.33. The van der Waals surface area contributed by atoms with Crippen LogP contribution < -0.4 is 15.8 Å². The van der Waals surface area contributed by atoms with E-state index in [4.69, 9.17) is 0 Å². The van der Waals surface area contributed by atoms with Crippen LogP contribution in [0.15, 0.2) is 40.7 Å². The maximum atomic E-state index is 12.6. The third-order valence-electron chi connectivity index (χ3n) is 5.22. The predicted octanol–water partition coefficient (Wildman–Crippen LogP) is 2.40. The summed E-state index contributed by atoms with van der Waals surface area (Å²) in [4.78, 5) is 25.9. The van der Waals surface area contributed by atoms with Crippen LogP contribution in [-0.4, -0.2) is 35.2 Å². The van der Waals surface area contributed by atoms with Crippen molar-refractivity contribution in [3.63, 3.8) is 0 Å². The molecule has 1 saturated heterocycles. The summed E-state index contributed by atoms with van der Waals surface area (Å²) in [6, 6.07) is 3.29. The van der Waals surface area contributed by atoms with Gasteiger partial charge in [0.15, 0.2) is 0 Å². The SMILES string of the molecule is CC(C)(C)C1C=CC(C(=O)NC2CCCN(c3ccc(=O)[nH]n3)C2)=CC1. The number of aromatic nitrogens is 2. The number of H-pyrrole nitrogens is 1. The highest BCUT2D eigenvalue weighted by molar-refractivity contribution is 5.96. The van der Waals surface area contributed by atoms with Gasteiger partial charge in [-0.2, -0.15) is 5.10 Å². The summed E-state index contributed by atoms with van der Waals surface area (Å²) in [5.74, 6) is 1.21. The van der Waals surface area contributed by atoms with Crippen molar-refractivity contribution in [2.24, 2.45) is 11.3 Å². The zero-order valence-electron chi connectivity index (χ0n) is 15.8. The van der Waals surface area contributed by atoms with Gasteiger partial charge in [0.1, 0.15) is 5.82 Å². The lowest BCUT2D eigenvalue weighted by molar-refractivity contribution is -0.118. The molecule has 1 aliphatic carbocycles. The third kappa shape index (κ3) is 4.42. The van der Waals surface area contributed by atoms with Gasteiger partial charge in [-0.15, -0.1) is 0 Å². The van der Waals surface area contributed by atoms with E-state index in [1.54, 1.807) is 6.07 Å². The molecule has 0 bridgehead atoms. The monoisotopic (exact) mass is 356 g/mol. The molecule has 2 aliphatic rings. The second kappa shape index (κ2) is 7.48. The summed E-state index contributed by atoms with van der Waals surface area (Å²) >= 11 is 0. The number of aromatic amines is 1. The summed E-state index contributed by atoms with van der Waals surface area (Å²) in [6.45, 7) is 8.25. The highest BCUT2D eigenvalue weighted by atomic mass is 16.1. The first kappa shape index (κ1) is 18.4. The average molecular weight is 356 g/mol. The van der Waals surface area contributed by atoms with Crippen molar-refractivity contribution in [1.29, 1.82) is 0 Å². The Morgan fingerprint density at radius 1 is 1.35 bits per heavy atom. The van der Waals surface area contributed by atoms with Crippen LogP contribution in [-0.2, 0) is 4.79 Å². The van der Waals surface area contributed by atoms with Crippen LogP contribution in [0.4, 0.5) is 5.82 Å². The molecule has 6 heteroatoms. The zero-order valence-corrected chi connectivity index (χ0v) is 15.8. The zero-order chi connectivity index (χ0) is 18.7. The second-order valence-electron chi connectivity index (χ2n) is 8.26. The van der Waals surface area contributed by atoms with E-state index in [1.807, 2.05) is 6.08 Å². The number of nitrogens with one attached hydrogen (secondary N) is 2. The molecule has 2 N–H and O–H groups in total. The molecule has 2 atom stereocenters. The molecule has 26 heavy (non-hydrogen) atoms. The Morgan fingerprint density at radius 3 is 2.77 bits per heavy atom. The van der Waals surface area contributed by atoms with Crippen molar-refractivity contribution in [2.75, 3.05) is 18.0 Å². The highest BCUT2D eigenvalue weighted by Gasteiger charge is 2.26. The molecule has 1 aromatic heterocycles. The molecule has 6 nitrogen and oxygen atoms in total. The standard InChI is InChI=1S/C20H28N4O2/c1-20(2,3)15-8-6-14(7-9-15)19(26)21-16-5-4-12-24(13-16)17-10-11-18(25)23-22-17/h6-8,10-11,15-16H,4-5,9,12-13H2,1-3H3,(H,21,26)(H,23,25). The summed E-state index contributed by atoms with van der Waals surface area (Å²) in [7, 11) is 0. The number of rotatable bonds is 3. The molecule has 2 unspecified atom stereocenters. The van der Waals surface area contributed by atoms with E-state index in [9.17, 15) is 9.59 Å². The number of carbonyl (C=O) groups is 1. The van der Waals surface area contributed by atoms with Gasteiger partial charge in [0.05, 0.1) is 0 Å². The molecule has 1 aromatic rings. The molecule has 1 fully saturated rings. The molecule has 2 heterocycles. The Labute approximate surface area is 154 Å². The van der Waals surface area contributed by atoms with Crippen molar-refractivity contribution < 1.29 is 4.79 Å². The molecular formula is C20H28N4O2. The molecule has 1 aliphatic heterocycles. The lowest BCUT2D eigenvalue weighted by Gasteiger charge is -2.34. The summed E-state index contributed by atoms with van der Waals surface area (Å²) in [5, 5.41) is 9.71. The predicted molar refractivity (Wildman–Crippen MR) is 103 cm³/mol. The van der Waals surface area contributed by atoms with E-state index >= 15 is 0 Å². The topological polar surface area (TPSA) is 78.1 Å². The smallest absolute Gasteiger partial charge is 0.264 e. The number of hydrogen-bond acceptors (Lipinski definition) is 4. The van der Waals surface area contributed by atoms with Crippen LogP contribution in [0.2, 0.25) is 0 Å². The summed E-state index contributed by atoms with van der Waals surface area (Å²) < 4.78 is 0. The van der Waals surface area contributed by atoms with Gasteiger partial charge in [0, 0.05) is 30.8 Å². The van der Waals surface area contributed by atoms with Gasteiger partial charge >= 0.3 is 0 Å². The van der Waals surface area contributed by atoms with Crippen LogP contribution in [0.3, 0.4) is 0 Å². The lowest BCUT2D eigenvalue weighted by Crippen LogP contribution is -2.48. The fourth-order valence-corrected chi connectivity index (χ4v) is 3.52. The molecule has 0 spiro atoms. The van der Waals surface area contributed by atoms with Crippen LogP contribution >= 0.6 is 0 Å². The van der Waals surface area contributed by atoms with Crippen LogP contribution in [0, 0.1) is 11.3 Å². The van der Waals surface area contributed by atoms with Crippen molar-refractivity contribution in [2.45, 2.75) is 46.1 Å². The van der Waals surface area contributed by atoms with Crippen molar-refractivity contribution in [1.82, 2.24) is 15.5 Å². The van der Waals surface area contributed by atoms with Gasteiger partial charge in [-0.25, -0.2) is 5.10 Å². The van der Waals surface area contributed by atoms with E-state index < -0.39 is 0 Å². The Kier molecular flexibility index (Phi) is 5.30. The van der Waals surface area contributed by atoms with Gasteiger partial charge in [-0.1, -0.05) is 39.0 Å². The number of carbonyl (C=O) groups excluding carboxylic acids is 1. The number of amides is 1. The molecule has 0 radical (unpaired) electrons. The van der Waals surface area contributed by atoms with Crippen molar-refractivity contribution in [3.8, 4) is 0 Å². The first-order chi connectivity index (χ1) is 12.3. The quantitative estimate of drug-likeness (QED) is 0.872. The lowest BCUT2D eigenvalue weighted by atomic mass is 9.76. The van der Waals surface area contributed by atoms with E-state index in [0.717, 1.165) is 37.2 Å². The van der Waals surface area contributed by atoms with E-state index in [-0.39, 0.29) is 22.9 Å². The van der Waals surface area contributed by atoms with Crippen LogP contribution in [0.1, 0.15) is 40.0 Å². The molecule has 0 aromatic carbocycles. The van der Waals surface area contributed by atoms with E-state index in [2.05, 4.69) is 53.3 Å². The largest absolute Gasteiger partial charge is 0.353 e. The normalized spacial score (nSPS) is 23.5. The Bertz CT molecular complexity index is 752. The van der Waals surface area contributed by atoms with Gasteiger partial charge in [0.25, 0.3) is 11.5 Å². The maximum absolute atomic E-state index is 12.6. The van der Waals surface area contributed by atoms with Crippen molar-refractivity contribution >= 4 is 11.7 Å². The van der Waals surface area contributed by atoms with Crippen LogP contribution in [0.25, 0.3) is 0 Å². The second-order valence-corrected chi connectivity index (χ2v) is 8.26. The molecular weight excluding hydrogens is 328 g/mol. The van der Waals surface area contributed by atoms with E-state index in [1.165, 1.54) is 6.07 Å². The summed E-state index contributed by atoms with van der Waals surface area (Å²) in [6.07, 6.45) is 9.00. The van der Waals surface area contributed by atoms with E-state index in [0.29, 0.717) is 12.5 Å². The minimum Gasteiger partial charge on any atom is -0.353 e. The van der Waals surface area contributed by atoms with Gasteiger partial charge in [0.2, 0.25) is 0 Å². The average Bonchev–Trinajstić information content (AvgIpc) is 2.62. The number of hydrogen-bond donors (Lipinski definition) is 2. The molecule has 1 amide bonds. The first-order valence-electron chi connectivity index (χ1n) is 9.33. The van der Waals surface area contributed by atoms with Gasteiger partial charge in [-0.05, 0) is 36.7 Å². The molecule has 140 valence electrons. The third-order valence-corrected chi connectivity index (χ3v) is 5.22. The van der Waals surface area contributed by atoms with Gasteiger partial charge < -0.3 is 10.2 Å². The Morgan fingerprint density at radius 2 is 2.15 bits per heavy atom. The molecule has 3 rings (SSSR count). The maximum Gasteiger partial charge on any atom is 0.264 e. The fourth-order valence-electron chi connectivity index (χ4n) is 3.52. The summed E-state index contributed by atoms with van der Waals surface area (Å²) in [5.41, 5.74) is 0.757. The fraction of sp³-hybridized carbons (Fsp3) is 0.550.